The van der Waals surface area contributed by atoms with E-state index in [4.69, 9.17) is 15.9 Å². The lowest BCUT2D eigenvalue weighted by Crippen LogP contribution is -2.00. The molecule has 0 aromatic carbocycles. The maximum absolute atomic E-state index is 9.64. The first-order valence-electron chi connectivity index (χ1n) is 12.8. The molecular formula is C26H51NO4. The van der Waals surface area contributed by atoms with Gasteiger partial charge in [-0.15, -0.1) is 0 Å². The van der Waals surface area contributed by atoms with Crippen LogP contribution in [0.4, 0.5) is 0 Å². The largest absolute Gasteiger partial charge is 0.481 e. The van der Waals surface area contributed by atoms with Crippen molar-refractivity contribution < 1.29 is 19.8 Å². The van der Waals surface area contributed by atoms with Crippen molar-refractivity contribution >= 4 is 11.9 Å². The van der Waals surface area contributed by atoms with E-state index in [-0.39, 0.29) is 12.8 Å². The normalized spacial score (nSPS) is 10.8. The number of aliphatic carboxylic acids is 2. The predicted octanol–water partition coefficient (Wildman–Crippen LogP) is 7.48. The van der Waals surface area contributed by atoms with Crippen LogP contribution in [0.5, 0.6) is 0 Å². The second-order valence-electron chi connectivity index (χ2n) is 8.43. The van der Waals surface area contributed by atoms with Crippen LogP contribution < -0.4 is 5.73 Å². The summed E-state index contributed by atoms with van der Waals surface area (Å²) < 4.78 is 0. The minimum absolute atomic E-state index is 0.296. The van der Waals surface area contributed by atoms with Gasteiger partial charge in [0.2, 0.25) is 0 Å². The van der Waals surface area contributed by atoms with Gasteiger partial charge >= 0.3 is 11.9 Å². The molecule has 5 heteroatoms. The number of hydrogen-bond donors (Lipinski definition) is 3. The zero-order valence-corrected chi connectivity index (χ0v) is 20.3. The van der Waals surface area contributed by atoms with Crippen LogP contribution in [0.2, 0.25) is 0 Å². The zero-order valence-electron chi connectivity index (χ0n) is 20.3. The summed E-state index contributed by atoms with van der Waals surface area (Å²) in [5.74, 6) is -2.15. The summed E-state index contributed by atoms with van der Waals surface area (Å²) in [6, 6.07) is 0. The summed E-state index contributed by atoms with van der Waals surface area (Å²) in [6.07, 6.45) is 29.3. The molecule has 5 nitrogen and oxygen atoms in total. The van der Waals surface area contributed by atoms with E-state index in [1.165, 1.54) is 116 Å². The minimum atomic E-state index is -1.08. The number of carboxylic acid groups (broad SMARTS) is 2. The second-order valence-corrected chi connectivity index (χ2v) is 8.43. The number of carbonyl (C=O) groups is 2. The first-order chi connectivity index (χ1) is 15.0. The van der Waals surface area contributed by atoms with Gasteiger partial charge in [0.1, 0.15) is 0 Å². The highest BCUT2D eigenvalue weighted by atomic mass is 16.4. The van der Waals surface area contributed by atoms with Crippen molar-refractivity contribution in [2.24, 2.45) is 5.73 Å². The van der Waals surface area contributed by atoms with E-state index in [1.807, 2.05) is 0 Å². The van der Waals surface area contributed by atoms with Gasteiger partial charge in [-0.3, -0.25) is 9.59 Å². The summed E-state index contributed by atoms with van der Waals surface area (Å²) in [7, 11) is 0. The Kier molecular flexibility index (Phi) is 29.4. The van der Waals surface area contributed by atoms with Crippen molar-refractivity contribution in [1.82, 2.24) is 0 Å². The maximum atomic E-state index is 9.64. The zero-order chi connectivity index (χ0) is 23.4. The molecule has 0 fully saturated rings. The molecule has 0 aliphatic heterocycles. The third kappa shape index (κ3) is 36.4. The summed E-state index contributed by atoms with van der Waals surface area (Å²) in [5, 5.41) is 15.8. The molecule has 184 valence electrons. The maximum Gasteiger partial charge on any atom is 0.303 e. The molecule has 0 atom stereocenters. The van der Waals surface area contributed by atoms with Crippen LogP contribution in [0, 0.1) is 0 Å². The Balaban J connectivity index is 0. The van der Waals surface area contributed by atoms with Crippen LogP contribution in [0.3, 0.4) is 0 Å². The molecule has 0 rings (SSSR count). The molecule has 0 saturated heterocycles. The molecule has 0 aliphatic carbocycles. The van der Waals surface area contributed by atoms with Gasteiger partial charge in [0, 0.05) is 0 Å². The lowest BCUT2D eigenvalue weighted by atomic mass is 10.1. The van der Waals surface area contributed by atoms with Crippen LogP contribution in [-0.2, 0) is 9.59 Å². The topological polar surface area (TPSA) is 101 Å². The van der Waals surface area contributed by atoms with Crippen molar-refractivity contribution in [2.45, 2.75) is 135 Å². The number of nitrogens with two attached hydrogens (primary N) is 1. The molecule has 0 bridgehead atoms. The van der Waals surface area contributed by atoms with E-state index in [9.17, 15) is 9.59 Å². The van der Waals surface area contributed by atoms with Crippen molar-refractivity contribution in [3.63, 3.8) is 0 Å². The van der Waals surface area contributed by atoms with Gasteiger partial charge in [-0.1, -0.05) is 103 Å². The molecule has 0 radical (unpaired) electrons. The molecular weight excluding hydrogens is 390 g/mol. The Morgan fingerprint density at radius 1 is 0.581 bits per heavy atom. The first kappa shape index (κ1) is 31.8. The summed E-state index contributed by atoms with van der Waals surface area (Å²) in [6.45, 7) is 3.15. The van der Waals surface area contributed by atoms with Crippen LogP contribution in [0.25, 0.3) is 0 Å². The predicted molar refractivity (Wildman–Crippen MR) is 131 cm³/mol. The van der Waals surface area contributed by atoms with Gasteiger partial charge in [0.15, 0.2) is 0 Å². The Morgan fingerprint density at radius 3 is 1.23 bits per heavy atom. The highest BCUT2D eigenvalue weighted by molar-refractivity contribution is 5.75. The van der Waals surface area contributed by atoms with Gasteiger partial charge in [0.05, 0.1) is 12.8 Å². The van der Waals surface area contributed by atoms with Crippen LogP contribution in [0.1, 0.15) is 135 Å². The fourth-order valence-electron chi connectivity index (χ4n) is 3.31. The smallest absolute Gasteiger partial charge is 0.303 e. The highest BCUT2D eigenvalue weighted by Crippen LogP contribution is 2.12. The van der Waals surface area contributed by atoms with Gasteiger partial charge in [0.25, 0.3) is 0 Å². The third-order valence-electron chi connectivity index (χ3n) is 5.27. The number of carboxylic acids is 2. The average Bonchev–Trinajstić information content (AvgIpc) is 2.74. The fourth-order valence-corrected chi connectivity index (χ4v) is 3.31. The molecule has 0 amide bonds. The summed E-state index contributed by atoms with van der Waals surface area (Å²) >= 11 is 0. The van der Waals surface area contributed by atoms with Gasteiger partial charge in [-0.05, 0) is 38.6 Å². The second kappa shape index (κ2) is 28.6. The van der Waals surface area contributed by atoms with Crippen LogP contribution in [0.15, 0.2) is 12.2 Å². The number of unbranched alkanes of at least 4 members (excludes halogenated alkanes) is 16. The Morgan fingerprint density at radius 2 is 0.903 bits per heavy atom. The van der Waals surface area contributed by atoms with Crippen molar-refractivity contribution in [3.05, 3.63) is 12.2 Å². The van der Waals surface area contributed by atoms with Crippen molar-refractivity contribution in [2.75, 3.05) is 6.54 Å². The summed E-state index contributed by atoms with van der Waals surface area (Å²) in [4.78, 5) is 19.3. The molecule has 4 N–H and O–H groups in total. The standard InChI is InChI=1S/C22H45N.C4H6O4/c1-2-3-4-5-6-7-8-9-10-11-12-13-14-15-16-17-18-19-20-21-22-23;5-3(6)1-2-4(7)8/h9-10H,2-8,11-23H2,1H3;1-2H2,(H,5,6)(H,7,8). The SMILES string of the molecule is CCCCCCCCC=CCCCCCCCCCCCCN.O=C(O)CCC(=O)O. The lowest BCUT2D eigenvalue weighted by Gasteiger charge is -2.01. The highest BCUT2D eigenvalue weighted by Gasteiger charge is 2.00. The third-order valence-corrected chi connectivity index (χ3v) is 5.27. The molecule has 0 aromatic heterocycles. The van der Waals surface area contributed by atoms with Crippen molar-refractivity contribution in [3.8, 4) is 0 Å². The summed E-state index contributed by atoms with van der Waals surface area (Å²) in [5.41, 5.74) is 5.50. The lowest BCUT2D eigenvalue weighted by molar-refractivity contribution is -0.143. The van der Waals surface area contributed by atoms with Gasteiger partial charge in [-0.25, -0.2) is 0 Å². The molecule has 31 heavy (non-hydrogen) atoms. The molecule has 0 aromatic rings. The Hall–Kier alpha value is -1.36. The van der Waals surface area contributed by atoms with Crippen LogP contribution in [-0.4, -0.2) is 28.7 Å². The van der Waals surface area contributed by atoms with E-state index < -0.39 is 11.9 Å². The molecule has 0 saturated carbocycles. The fraction of sp³-hybridized carbons (Fsp3) is 0.846. The van der Waals surface area contributed by atoms with E-state index in [1.54, 1.807) is 0 Å². The van der Waals surface area contributed by atoms with E-state index in [0.29, 0.717) is 0 Å². The molecule has 0 unspecified atom stereocenters. The Bertz CT molecular complexity index is 396. The minimum Gasteiger partial charge on any atom is -0.481 e. The van der Waals surface area contributed by atoms with Gasteiger partial charge < -0.3 is 15.9 Å². The van der Waals surface area contributed by atoms with Crippen molar-refractivity contribution in [1.29, 1.82) is 0 Å². The van der Waals surface area contributed by atoms with Gasteiger partial charge in [-0.2, -0.15) is 0 Å². The van der Waals surface area contributed by atoms with Crippen LogP contribution >= 0.6 is 0 Å². The first-order valence-corrected chi connectivity index (χ1v) is 12.8. The quantitative estimate of drug-likeness (QED) is 0.119. The number of allylic oxidation sites excluding steroid dienone is 2. The Labute approximate surface area is 191 Å². The number of rotatable bonds is 22. The van der Waals surface area contributed by atoms with E-state index in [0.717, 1.165) is 6.54 Å². The molecule has 0 aliphatic rings. The molecule has 0 spiro atoms. The van der Waals surface area contributed by atoms with E-state index >= 15 is 0 Å². The monoisotopic (exact) mass is 441 g/mol. The van der Waals surface area contributed by atoms with E-state index in [2.05, 4.69) is 19.1 Å². The number of hydrogen-bond acceptors (Lipinski definition) is 3. The molecule has 0 heterocycles. The average molecular weight is 442 g/mol.